The van der Waals surface area contributed by atoms with Crippen LogP contribution in [0.3, 0.4) is 0 Å². The van der Waals surface area contributed by atoms with E-state index in [4.69, 9.17) is 4.98 Å². The van der Waals surface area contributed by atoms with E-state index in [1.54, 1.807) is 6.20 Å². The summed E-state index contributed by atoms with van der Waals surface area (Å²) in [6.07, 6.45) is 5.30. The van der Waals surface area contributed by atoms with Gasteiger partial charge >= 0.3 is 0 Å². The summed E-state index contributed by atoms with van der Waals surface area (Å²) in [7, 11) is 0. The molecule has 2 heterocycles. The lowest BCUT2D eigenvalue weighted by Crippen LogP contribution is -2.16. The summed E-state index contributed by atoms with van der Waals surface area (Å²) in [5, 5.41) is 0. The Morgan fingerprint density at radius 2 is 2.18 bits per heavy atom. The summed E-state index contributed by atoms with van der Waals surface area (Å²) < 4.78 is 1.16. The smallest absolute Gasteiger partial charge is 0.156 e. The number of carbonyl (C=O) groups excluding carboxylic acids is 1. The van der Waals surface area contributed by atoms with Gasteiger partial charge in [-0.05, 0) is 46.7 Å². The Bertz CT molecular complexity index is 839. The van der Waals surface area contributed by atoms with Gasteiger partial charge in [-0.1, -0.05) is 26.0 Å². The molecule has 0 atom stereocenters. The number of H-pyrrole nitrogens is 1. The molecule has 0 spiro atoms. The quantitative estimate of drug-likeness (QED) is 0.528. The fourth-order valence-electron chi connectivity index (χ4n) is 2.40. The molecule has 1 aromatic carbocycles. The van der Waals surface area contributed by atoms with E-state index in [1.165, 1.54) is 0 Å². The number of nitrogens with zero attached hydrogens (tertiary/aromatic N) is 2. The van der Waals surface area contributed by atoms with Crippen LogP contribution in [0.15, 0.2) is 36.7 Å². The van der Waals surface area contributed by atoms with Crippen LogP contribution in [0.1, 0.15) is 19.4 Å². The van der Waals surface area contributed by atoms with Gasteiger partial charge in [0.2, 0.25) is 0 Å². The second kappa shape index (κ2) is 5.79. The topological polar surface area (TPSA) is 58.6 Å². The van der Waals surface area contributed by atoms with Crippen molar-refractivity contribution in [1.82, 2.24) is 15.0 Å². The Morgan fingerprint density at radius 1 is 1.36 bits per heavy atom. The standard InChI is InChI=1S/C17H16IN3O/c1-17(2,10-22)7-12-8-19-16-15(12)21-14(9-20-16)11-4-3-5-13(18)6-11/h3-6,8-10H,7H2,1-2H3,(H,19,20). The number of benzene rings is 1. The summed E-state index contributed by atoms with van der Waals surface area (Å²) in [6.45, 7) is 3.85. The molecule has 0 amide bonds. The highest BCUT2D eigenvalue weighted by Gasteiger charge is 2.20. The maximum atomic E-state index is 11.2. The fraction of sp³-hybridized carbons (Fsp3) is 0.235. The van der Waals surface area contributed by atoms with Gasteiger partial charge in [0.15, 0.2) is 5.65 Å². The molecule has 0 radical (unpaired) electrons. The lowest BCUT2D eigenvalue weighted by atomic mass is 9.88. The Morgan fingerprint density at radius 3 is 2.91 bits per heavy atom. The molecule has 112 valence electrons. The predicted octanol–water partition coefficient (Wildman–Crippen LogP) is 4.00. The van der Waals surface area contributed by atoms with E-state index in [1.807, 2.05) is 38.2 Å². The molecule has 0 saturated carbocycles. The zero-order chi connectivity index (χ0) is 15.7. The third-order valence-electron chi connectivity index (χ3n) is 3.55. The number of nitrogens with one attached hydrogen (secondary N) is 1. The van der Waals surface area contributed by atoms with Gasteiger partial charge in [-0.25, -0.2) is 9.97 Å². The molecule has 1 N–H and O–H groups in total. The number of aromatic nitrogens is 3. The van der Waals surface area contributed by atoms with Crippen molar-refractivity contribution >= 4 is 40.0 Å². The molecule has 3 aromatic rings. The molecule has 5 heteroatoms. The monoisotopic (exact) mass is 405 g/mol. The predicted molar refractivity (Wildman–Crippen MR) is 95.6 cm³/mol. The number of halogens is 1. The largest absolute Gasteiger partial charge is 0.345 e. The first kappa shape index (κ1) is 15.1. The maximum absolute atomic E-state index is 11.2. The van der Waals surface area contributed by atoms with Crippen LogP contribution < -0.4 is 0 Å². The average Bonchev–Trinajstić information content (AvgIpc) is 2.89. The van der Waals surface area contributed by atoms with Gasteiger partial charge in [0.25, 0.3) is 0 Å². The molecule has 0 aliphatic rings. The van der Waals surface area contributed by atoms with Gasteiger partial charge in [0, 0.05) is 20.7 Å². The van der Waals surface area contributed by atoms with Crippen molar-refractivity contribution in [3.8, 4) is 11.3 Å². The molecule has 0 aliphatic carbocycles. The number of hydrogen-bond acceptors (Lipinski definition) is 3. The second-order valence-corrected chi connectivity index (χ2v) is 7.31. The van der Waals surface area contributed by atoms with Crippen LogP contribution in [0, 0.1) is 8.99 Å². The first-order valence-corrected chi connectivity index (χ1v) is 8.12. The van der Waals surface area contributed by atoms with Crippen molar-refractivity contribution in [1.29, 1.82) is 0 Å². The summed E-state index contributed by atoms with van der Waals surface area (Å²) in [4.78, 5) is 23.5. The summed E-state index contributed by atoms with van der Waals surface area (Å²) in [5.41, 5.74) is 4.10. The summed E-state index contributed by atoms with van der Waals surface area (Å²) in [5.74, 6) is 0. The van der Waals surface area contributed by atoms with E-state index in [0.29, 0.717) is 6.42 Å². The molecule has 22 heavy (non-hydrogen) atoms. The molecular formula is C17H16IN3O. The molecule has 2 aromatic heterocycles. The van der Waals surface area contributed by atoms with Crippen molar-refractivity contribution in [2.45, 2.75) is 20.3 Å². The first-order valence-electron chi connectivity index (χ1n) is 7.04. The minimum Gasteiger partial charge on any atom is -0.345 e. The van der Waals surface area contributed by atoms with Gasteiger partial charge in [0.1, 0.15) is 11.8 Å². The van der Waals surface area contributed by atoms with Crippen LogP contribution in [0.25, 0.3) is 22.4 Å². The maximum Gasteiger partial charge on any atom is 0.156 e. The minimum atomic E-state index is -0.408. The van der Waals surface area contributed by atoms with Crippen LogP contribution in [0.4, 0.5) is 0 Å². The van der Waals surface area contributed by atoms with E-state index in [0.717, 1.165) is 37.8 Å². The summed E-state index contributed by atoms with van der Waals surface area (Å²) >= 11 is 2.29. The van der Waals surface area contributed by atoms with E-state index < -0.39 is 5.41 Å². The van der Waals surface area contributed by atoms with Crippen molar-refractivity contribution in [3.05, 3.63) is 45.8 Å². The number of hydrogen-bond donors (Lipinski definition) is 1. The van der Waals surface area contributed by atoms with Crippen LogP contribution >= 0.6 is 22.6 Å². The highest BCUT2D eigenvalue weighted by atomic mass is 127. The Kier molecular flexibility index (Phi) is 3.99. The van der Waals surface area contributed by atoms with Gasteiger partial charge in [-0.3, -0.25) is 0 Å². The van der Waals surface area contributed by atoms with Gasteiger partial charge < -0.3 is 9.78 Å². The highest BCUT2D eigenvalue weighted by molar-refractivity contribution is 14.1. The van der Waals surface area contributed by atoms with Crippen LogP contribution in [-0.2, 0) is 11.2 Å². The van der Waals surface area contributed by atoms with E-state index in [-0.39, 0.29) is 0 Å². The normalized spacial score (nSPS) is 11.8. The second-order valence-electron chi connectivity index (χ2n) is 6.06. The van der Waals surface area contributed by atoms with Crippen molar-refractivity contribution in [2.24, 2.45) is 5.41 Å². The van der Waals surface area contributed by atoms with Crippen molar-refractivity contribution in [3.63, 3.8) is 0 Å². The third-order valence-corrected chi connectivity index (χ3v) is 4.22. The number of carbonyl (C=O) groups is 1. The van der Waals surface area contributed by atoms with E-state index >= 15 is 0 Å². The minimum absolute atomic E-state index is 0.408. The van der Waals surface area contributed by atoms with Crippen LogP contribution in [0.5, 0.6) is 0 Å². The fourth-order valence-corrected chi connectivity index (χ4v) is 2.94. The molecular weight excluding hydrogens is 389 g/mol. The first-order chi connectivity index (χ1) is 10.5. The number of aromatic amines is 1. The summed E-state index contributed by atoms with van der Waals surface area (Å²) in [6, 6.07) is 8.17. The van der Waals surface area contributed by atoms with Crippen molar-refractivity contribution < 1.29 is 4.79 Å². The molecule has 0 unspecified atom stereocenters. The Balaban J connectivity index is 2.07. The van der Waals surface area contributed by atoms with Gasteiger partial charge in [0.05, 0.1) is 11.9 Å². The zero-order valence-electron chi connectivity index (χ0n) is 12.4. The lowest BCUT2D eigenvalue weighted by Gasteiger charge is -2.15. The SMILES string of the molecule is CC(C)(C=O)Cc1c[nH]c2ncc(-c3cccc(I)c3)nc12. The van der Waals surface area contributed by atoms with Gasteiger partial charge in [-0.15, -0.1) is 0 Å². The van der Waals surface area contributed by atoms with Crippen LogP contribution in [-0.4, -0.2) is 21.2 Å². The molecule has 4 nitrogen and oxygen atoms in total. The highest BCUT2D eigenvalue weighted by Crippen LogP contribution is 2.26. The molecule has 3 rings (SSSR count). The molecule has 0 fully saturated rings. The Hall–Kier alpha value is -1.76. The van der Waals surface area contributed by atoms with Crippen LogP contribution in [0.2, 0.25) is 0 Å². The molecule has 0 bridgehead atoms. The lowest BCUT2D eigenvalue weighted by molar-refractivity contribution is -0.114. The Labute approximate surface area is 142 Å². The van der Waals surface area contributed by atoms with Gasteiger partial charge in [-0.2, -0.15) is 0 Å². The van der Waals surface area contributed by atoms with Crippen molar-refractivity contribution in [2.75, 3.05) is 0 Å². The van der Waals surface area contributed by atoms with E-state index in [9.17, 15) is 4.79 Å². The number of rotatable bonds is 4. The number of aldehydes is 1. The molecule has 0 aliphatic heterocycles. The average molecular weight is 405 g/mol. The zero-order valence-corrected chi connectivity index (χ0v) is 14.6. The number of fused-ring (bicyclic) bond motifs is 1. The molecule has 0 saturated heterocycles. The third kappa shape index (κ3) is 3.04. The van der Waals surface area contributed by atoms with E-state index in [2.05, 4.69) is 38.6 Å².